The minimum absolute atomic E-state index is 0.218. The molecule has 3 heteroatoms. The molecule has 0 aliphatic carbocycles. The molecule has 18 heavy (non-hydrogen) atoms. The molecule has 0 bridgehead atoms. The summed E-state index contributed by atoms with van der Waals surface area (Å²) in [5.41, 5.74) is 0. The molecule has 2 aromatic carbocycles. The molecule has 1 aliphatic rings. The minimum atomic E-state index is -0.659. The highest BCUT2D eigenvalue weighted by Crippen LogP contribution is 2.42. The summed E-state index contributed by atoms with van der Waals surface area (Å²) in [4.78, 5) is 0. The van der Waals surface area contributed by atoms with Gasteiger partial charge in [-0.2, -0.15) is 0 Å². The molecule has 0 N–H and O–H groups in total. The van der Waals surface area contributed by atoms with Crippen molar-refractivity contribution in [3.63, 3.8) is 0 Å². The zero-order chi connectivity index (χ0) is 12.2. The van der Waals surface area contributed by atoms with Crippen molar-refractivity contribution in [2.45, 2.75) is 6.03 Å². The molecule has 0 fully saturated rings. The van der Waals surface area contributed by atoms with Gasteiger partial charge in [0.25, 0.3) is 6.03 Å². The second-order valence-electron chi connectivity index (χ2n) is 3.89. The zero-order valence-electron chi connectivity index (χ0n) is 9.77. The fourth-order valence-corrected chi connectivity index (χ4v) is 4.08. The van der Waals surface area contributed by atoms with E-state index in [4.69, 9.17) is 9.47 Å². The van der Waals surface area contributed by atoms with Crippen LogP contribution in [0.4, 0.5) is 0 Å². The molecule has 1 heterocycles. The van der Waals surface area contributed by atoms with Gasteiger partial charge < -0.3 is 9.47 Å². The zero-order valence-corrected chi connectivity index (χ0v) is 10.7. The Morgan fingerprint density at radius 1 is 0.667 bits per heavy atom. The maximum atomic E-state index is 5.55. The Labute approximate surface area is 108 Å². The van der Waals surface area contributed by atoms with E-state index in [2.05, 4.69) is 48.5 Å². The average Bonchev–Trinajstić information content (AvgIpc) is 2.95. The van der Waals surface area contributed by atoms with E-state index in [1.165, 1.54) is 10.6 Å². The van der Waals surface area contributed by atoms with Crippen LogP contribution < -0.4 is 10.6 Å². The van der Waals surface area contributed by atoms with Gasteiger partial charge in [-0.05, 0) is 10.6 Å². The van der Waals surface area contributed by atoms with Gasteiger partial charge in [-0.3, -0.25) is 0 Å². The molecule has 0 atom stereocenters. The molecule has 90 valence electrons. The van der Waals surface area contributed by atoms with Gasteiger partial charge in [0, 0.05) is 7.92 Å². The number of rotatable bonds is 3. The fourth-order valence-electron chi connectivity index (χ4n) is 1.92. The van der Waals surface area contributed by atoms with Crippen molar-refractivity contribution in [2.24, 2.45) is 0 Å². The molecule has 0 aromatic heterocycles. The lowest BCUT2D eigenvalue weighted by atomic mass is 10.4. The smallest absolute Gasteiger partial charge is 0.265 e. The minimum Gasteiger partial charge on any atom is -0.455 e. The van der Waals surface area contributed by atoms with E-state index in [0.717, 1.165) is 0 Å². The van der Waals surface area contributed by atoms with Gasteiger partial charge in [-0.15, -0.1) is 0 Å². The summed E-state index contributed by atoms with van der Waals surface area (Å²) in [5.74, 6) is 0. The summed E-state index contributed by atoms with van der Waals surface area (Å²) in [7, 11) is -0.659. The largest absolute Gasteiger partial charge is 0.455 e. The van der Waals surface area contributed by atoms with Gasteiger partial charge in [0.2, 0.25) is 0 Å². The maximum Gasteiger partial charge on any atom is 0.265 e. The monoisotopic (exact) mass is 256 g/mol. The van der Waals surface area contributed by atoms with E-state index < -0.39 is 7.92 Å². The number of hydrogen-bond acceptors (Lipinski definition) is 2. The van der Waals surface area contributed by atoms with E-state index in [-0.39, 0.29) is 6.03 Å². The third-order valence-electron chi connectivity index (χ3n) is 2.73. The van der Waals surface area contributed by atoms with Gasteiger partial charge in [0.1, 0.15) is 12.5 Å². The Hall–Kier alpha value is -1.79. The molecule has 0 spiro atoms. The third kappa shape index (κ3) is 2.25. The van der Waals surface area contributed by atoms with E-state index in [0.29, 0.717) is 0 Å². The van der Waals surface area contributed by atoms with Gasteiger partial charge in [0.15, 0.2) is 0 Å². The summed E-state index contributed by atoms with van der Waals surface area (Å²) in [5, 5.41) is 2.51. The standard InChI is InChI=1S/C15H13O2P/c1-3-7-13(8-4-1)18(15-16-11-12-17-15)14-9-5-2-6-10-14/h1-12,15H. The Bertz CT molecular complexity index is 477. The SMILES string of the molecule is C1=COC(P(c2ccccc2)c2ccccc2)O1. The van der Waals surface area contributed by atoms with Crippen LogP contribution in [0.2, 0.25) is 0 Å². The molecular weight excluding hydrogens is 243 g/mol. The molecular formula is C15H13O2P. The molecule has 0 unspecified atom stereocenters. The van der Waals surface area contributed by atoms with Crippen LogP contribution in [-0.4, -0.2) is 6.03 Å². The van der Waals surface area contributed by atoms with Crippen molar-refractivity contribution in [1.29, 1.82) is 0 Å². The first kappa shape index (κ1) is 11.3. The number of hydrogen-bond donors (Lipinski definition) is 0. The topological polar surface area (TPSA) is 18.5 Å². The Morgan fingerprint density at radius 3 is 1.56 bits per heavy atom. The normalized spacial score (nSPS) is 14.5. The fraction of sp³-hybridized carbons (Fsp3) is 0.0667. The van der Waals surface area contributed by atoms with Gasteiger partial charge >= 0.3 is 0 Å². The quantitative estimate of drug-likeness (QED) is 0.786. The lowest BCUT2D eigenvalue weighted by Gasteiger charge is -2.23. The lowest BCUT2D eigenvalue weighted by Crippen LogP contribution is -2.22. The van der Waals surface area contributed by atoms with Crippen molar-refractivity contribution >= 4 is 18.5 Å². The first-order valence-electron chi connectivity index (χ1n) is 5.80. The summed E-state index contributed by atoms with van der Waals surface area (Å²) in [6.07, 6.45) is 3.23. The van der Waals surface area contributed by atoms with E-state index in [9.17, 15) is 0 Å². The number of benzene rings is 2. The Kier molecular flexibility index (Phi) is 3.29. The van der Waals surface area contributed by atoms with Crippen molar-refractivity contribution in [3.05, 3.63) is 73.2 Å². The van der Waals surface area contributed by atoms with Crippen LogP contribution >= 0.6 is 7.92 Å². The highest BCUT2D eigenvalue weighted by molar-refractivity contribution is 7.73. The lowest BCUT2D eigenvalue weighted by molar-refractivity contribution is 0.0525. The molecule has 1 aliphatic heterocycles. The Morgan fingerprint density at radius 2 is 1.11 bits per heavy atom. The number of ether oxygens (including phenoxy) is 2. The second kappa shape index (κ2) is 5.24. The highest BCUT2D eigenvalue weighted by Gasteiger charge is 2.28. The van der Waals surface area contributed by atoms with Crippen LogP contribution in [0.25, 0.3) is 0 Å². The average molecular weight is 256 g/mol. The van der Waals surface area contributed by atoms with Crippen LogP contribution in [0.15, 0.2) is 73.2 Å². The van der Waals surface area contributed by atoms with Crippen LogP contribution in [0, 0.1) is 0 Å². The van der Waals surface area contributed by atoms with E-state index in [1.54, 1.807) is 12.5 Å². The van der Waals surface area contributed by atoms with E-state index in [1.807, 2.05) is 12.1 Å². The summed E-state index contributed by atoms with van der Waals surface area (Å²) < 4.78 is 11.1. The molecule has 0 amide bonds. The molecule has 0 saturated heterocycles. The maximum absolute atomic E-state index is 5.55. The predicted molar refractivity (Wildman–Crippen MR) is 74.2 cm³/mol. The van der Waals surface area contributed by atoms with Crippen LogP contribution in [0.1, 0.15) is 0 Å². The van der Waals surface area contributed by atoms with Gasteiger partial charge in [-0.1, -0.05) is 60.7 Å². The molecule has 2 nitrogen and oxygen atoms in total. The van der Waals surface area contributed by atoms with Crippen molar-refractivity contribution in [3.8, 4) is 0 Å². The first-order valence-corrected chi connectivity index (χ1v) is 7.21. The predicted octanol–water partition coefficient (Wildman–Crippen LogP) is 2.92. The molecule has 0 saturated carbocycles. The van der Waals surface area contributed by atoms with Crippen molar-refractivity contribution in [1.82, 2.24) is 0 Å². The Balaban J connectivity index is 1.99. The van der Waals surface area contributed by atoms with Crippen LogP contribution in [-0.2, 0) is 9.47 Å². The third-order valence-corrected chi connectivity index (χ3v) is 5.10. The van der Waals surface area contributed by atoms with Gasteiger partial charge in [0.05, 0.1) is 0 Å². The molecule has 2 aromatic rings. The summed E-state index contributed by atoms with van der Waals surface area (Å²) >= 11 is 0. The van der Waals surface area contributed by atoms with E-state index >= 15 is 0 Å². The second-order valence-corrected chi connectivity index (χ2v) is 6.09. The summed E-state index contributed by atoms with van der Waals surface area (Å²) in [6, 6.07) is 20.6. The molecule has 0 radical (unpaired) electrons. The summed E-state index contributed by atoms with van der Waals surface area (Å²) in [6.45, 7) is 0. The molecule has 3 rings (SSSR count). The highest BCUT2D eigenvalue weighted by atomic mass is 31.1. The van der Waals surface area contributed by atoms with Crippen LogP contribution in [0.5, 0.6) is 0 Å². The van der Waals surface area contributed by atoms with Gasteiger partial charge in [-0.25, -0.2) is 0 Å². The van der Waals surface area contributed by atoms with Crippen molar-refractivity contribution in [2.75, 3.05) is 0 Å². The van der Waals surface area contributed by atoms with Crippen molar-refractivity contribution < 1.29 is 9.47 Å². The van der Waals surface area contributed by atoms with Crippen LogP contribution in [0.3, 0.4) is 0 Å². The first-order chi connectivity index (χ1) is 8.95.